The summed E-state index contributed by atoms with van der Waals surface area (Å²) in [6, 6.07) is 10.4. The van der Waals surface area contributed by atoms with Gasteiger partial charge in [0.2, 0.25) is 0 Å². The Balaban J connectivity index is 2.12. The molecule has 2 rings (SSSR count). The van der Waals surface area contributed by atoms with E-state index < -0.39 is 0 Å². The summed E-state index contributed by atoms with van der Waals surface area (Å²) in [7, 11) is 1.98. The normalized spacial score (nSPS) is 10.4. The van der Waals surface area contributed by atoms with Gasteiger partial charge in [0, 0.05) is 24.8 Å². The Hall–Kier alpha value is -1.80. The van der Waals surface area contributed by atoms with Crippen molar-refractivity contribution in [3.05, 3.63) is 29.8 Å². The Morgan fingerprint density at radius 3 is 2.95 bits per heavy atom. The zero-order valence-corrected chi connectivity index (χ0v) is 11.9. The number of benzene rings is 1. The summed E-state index contributed by atoms with van der Waals surface area (Å²) in [5, 5.41) is 17.9. The van der Waals surface area contributed by atoms with Crippen molar-refractivity contribution in [1.29, 1.82) is 5.26 Å². The third-order valence-corrected chi connectivity index (χ3v) is 3.88. The summed E-state index contributed by atoms with van der Waals surface area (Å²) in [5.74, 6) is 1.78. The van der Waals surface area contributed by atoms with E-state index >= 15 is 0 Å². The molecule has 0 bridgehead atoms. The minimum atomic E-state index is 0.593. The molecule has 0 spiro atoms. The molecule has 0 atom stereocenters. The molecule has 98 valence electrons. The molecule has 0 aliphatic carbocycles. The van der Waals surface area contributed by atoms with E-state index in [1.54, 1.807) is 11.8 Å². The third-order valence-electron chi connectivity index (χ3n) is 2.78. The van der Waals surface area contributed by atoms with Crippen molar-refractivity contribution in [3.63, 3.8) is 0 Å². The average Bonchev–Trinajstić information content (AvgIpc) is 2.76. The van der Waals surface area contributed by atoms with Crippen LogP contribution >= 0.6 is 11.8 Å². The second kappa shape index (κ2) is 6.39. The molecule has 2 aromatic rings. The quantitative estimate of drug-likeness (QED) is 0.619. The Kier molecular flexibility index (Phi) is 4.58. The van der Waals surface area contributed by atoms with Crippen molar-refractivity contribution in [2.75, 3.05) is 5.75 Å². The predicted octanol–water partition coefficient (Wildman–Crippen LogP) is 3.19. The molecule has 0 saturated heterocycles. The fraction of sp³-hybridized carbons (Fsp3) is 0.357. The number of hydrogen-bond acceptors (Lipinski definition) is 4. The van der Waals surface area contributed by atoms with Gasteiger partial charge in [0.15, 0.2) is 11.0 Å². The SMILES string of the molecule is Cc1cccc(-c2nnc(SCCCC#N)n2C)c1. The van der Waals surface area contributed by atoms with Gasteiger partial charge in [-0.3, -0.25) is 0 Å². The van der Waals surface area contributed by atoms with Crippen molar-refractivity contribution in [2.24, 2.45) is 7.05 Å². The Morgan fingerprint density at radius 1 is 1.37 bits per heavy atom. The van der Waals surface area contributed by atoms with E-state index in [0.29, 0.717) is 6.42 Å². The third kappa shape index (κ3) is 3.36. The second-order valence-electron chi connectivity index (χ2n) is 4.34. The molecule has 0 fully saturated rings. The highest BCUT2D eigenvalue weighted by atomic mass is 32.2. The van der Waals surface area contributed by atoms with Gasteiger partial charge in [-0.1, -0.05) is 35.5 Å². The van der Waals surface area contributed by atoms with Crippen LogP contribution in [0.4, 0.5) is 0 Å². The Morgan fingerprint density at radius 2 is 2.21 bits per heavy atom. The van der Waals surface area contributed by atoms with Crippen LogP contribution < -0.4 is 0 Å². The number of nitriles is 1. The highest BCUT2D eigenvalue weighted by Gasteiger charge is 2.10. The molecule has 4 nitrogen and oxygen atoms in total. The molecule has 0 aliphatic rings. The van der Waals surface area contributed by atoms with Gasteiger partial charge in [-0.25, -0.2) is 0 Å². The maximum atomic E-state index is 8.50. The largest absolute Gasteiger partial charge is 0.305 e. The van der Waals surface area contributed by atoms with Crippen molar-refractivity contribution in [2.45, 2.75) is 24.9 Å². The van der Waals surface area contributed by atoms with E-state index in [1.807, 2.05) is 23.7 Å². The van der Waals surface area contributed by atoms with E-state index in [9.17, 15) is 0 Å². The van der Waals surface area contributed by atoms with Gasteiger partial charge in [0.1, 0.15) is 0 Å². The van der Waals surface area contributed by atoms with Gasteiger partial charge in [0.25, 0.3) is 0 Å². The molecule has 0 saturated carbocycles. The summed E-state index contributed by atoms with van der Waals surface area (Å²) in [4.78, 5) is 0. The molecule has 0 aliphatic heterocycles. The molecule has 0 radical (unpaired) electrons. The van der Waals surface area contributed by atoms with Crippen LogP contribution in [0.2, 0.25) is 0 Å². The lowest BCUT2D eigenvalue weighted by Crippen LogP contribution is -1.95. The molecule has 0 amide bonds. The lowest BCUT2D eigenvalue weighted by molar-refractivity contribution is 0.792. The highest BCUT2D eigenvalue weighted by molar-refractivity contribution is 7.99. The molecule has 1 aromatic carbocycles. The highest BCUT2D eigenvalue weighted by Crippen LogP contribution is 2.23. The van der Waals surface area contributed by atoms with Crippen LogP contribution in [-0.4, -0.2) is 20.5 Å². The topological polar surface area (TPSA) is 54.5 Å². The lowest BCUT2D eigenvalue weighted by Gasteiger charge is -2.04. The van der Waals surface area contributed by atoms with Crippen LogP contribution in [0.25, 0.3) is 11.4 Å². The molecule has 5 heteroatoms. The number of hydrogen-bond donors (Lipinski definition) is 0. The minimum absolute atomic E-state index is 0.593. The molecule has 19 heavy (non-hydrogen) atoms. The Bertz CT molecular complexity index is 598. The maximum absolute atomic E-state index is 8.50. The van der Waals surface area contributed by atoms with E-state index in [2.05, 4.69) is 35.3 Å². The van der Waals surface area contributed by atoms with Crippen molar-refractivity contribution < 1.29 is 0 Å². The first-order valence-corrected chi connectivity index (χ1v) is 7.17. The van der Waals surface area contributed by atoms with Crippen molar-refractivity contribution in [3.8, 4) is 17.5 Å². The number of thioether (sulfide) groups is 1. The van der Waals surface area contributed by atoms with Crippen LogP contribution in [0.1, 0.15) is 18.4 Å². The van der Waals surface area contributed by atoms with Crippen LogP contribution in [0.15, 0.2) is 29.4 Å². The average molecular weight is 272 g/mol. The first kappa shape index (κ1) is 13.6. The van der Waals surface area contributed by atoms with Gasteiger partial charge < -0.3 is 4.57 Å². The fourth-order valence-corrected chi connectivity index (χ4v) is 2.64. The summed E-state index contributed by atoms with van der Waals surface area (Å²) < 4.78 is 2.01. The van der Waals surface area contributed by atoms with Crippen molar-refractivity contribution >= 4 is 11.8 Å². The second-order valence-corrected chi connectivity index (χ2v) is 5.41. The fourth-order valence-electron chi connectivity index (χ4n) is 1.79. The van der Waals surface area contributed by atoms with E-state index in [0.717, 1.165) is 28.7 Å². The summed E-state index contributed by atoms with van der Waals surface area (Å²) >= 11 is 1.64. The van der Waals surface area contributed by atoms with E-state index in [-0.39, 0.29) is 0 Å². The van der Waals surface area contributed by atoms with Gasteiger partial charge in [0.05, 0.1) is 6.07 Å². The lowest BCUT2D eigenvalue weighted by atomic mass is 10.1. The van der Waals surface area contributed by atoms with Crippen molar-refractivity contribution in [1.82, 2.24) is 14.8 Å². The first-order chi connectivity index (χ1) is 9.22. The molecule has 1 heterocycles. The summed E-state index contributed by atoms with van der Waals surface area (Å²) in [6.07, 6.45) is 1.48. The van der Waals surface area contributed by atoms with Crippen LogP contribution in [0.3, 0.4) is 0 Å². The smallest absolute Gasteiger partial charge is 0.191 e. The Labute approximate surface area is 117 Å². The van der Waals surface area contributed by atoms with E-state index in [4.69, 9.17) is 5.26 Å². The molecular weight excluding hydrogens is 256 g/mol. The van der Waals surface area contributed by atoms with Gasteiger partial charge >= 0.3 is 0 Å². The number of aromatic nitrogens is 3. The number of unbranched alkanes of at least 4 members (excludes halogenated alkanes) is 1. The molecule has 0 N–H and O–H groups in total. The van der Waals surface area contributed by atoms with Crippen LogP contribution in [-0.2, 0) is 7.05 Å². The predicted molar refractivity (Wildman–Crippen MR) is 76.7 cm³/mol. The van der Waals surface area contributed by atoms with Gasteiger partial charge in [-0.05, 0) is 19.4 Å². The zero-order valence-electron chi connectivity index (χ0n) is 11.1. The first-order valence-electron chi connectivity index (χ1n) is 6.18. The van der Waals surface area contributed by atoms with Gasteiger partial charge in [-0.15, -0.1) is 10.2 Å². The number of aryl methyl sites for hydroxylation is 1. The minimum Gasteiger partial charge on any atom is -0.305 e. The van der Waals surface area contributed by atoms with Gasteiger partial charge in [-0.2, -0.15) is 5.26 Å². The summed E-state index contributed by atoms with van der Waals surface area (Å²) in [6.45, 7) is 2.07. The molecular formula is C14H16N4S. The molecule has 0 unspecified atom stereocenters. The standard InChI is InChI=1S/C14H16N4S/c1-11-6-5-7-12(10-11)13-16-17-14(18(13)2)19-9-4-3-8-15/h5-7,10H,3-4,9H2,1-2H3. The monoisotopic (exact) mass is 272 g/mol. The van der Waals surface area contributed by atoms with E-state index in [1.165, 1.54) is 5.56 Å². The zero-order chi connectivity index (χ0) is 13.7. The van der Waals surface area contributed by atoms with Crippen LogP contribution in [0, 0.1) is 18.3 Å². The number of nitrogens with zero attached hydrogens (tertiary/aromatic N) is 4. The molecule has 1 aromatic heterocycles. The number of rotatable bonds is 5. The van der Waals surface area contributed by atoms with Crippen LogP contribution in [0.5, 0.6) is 0 Å². The summed E-state index contributed by atoms with van der Waals surface area (Å²) in [5.41, 5.74) is 2.29. The maximum Gasteiger partial charge on any atom is 0.191 e.